The van der Waals surface area contributed by atoms with Crippen LogP contribution in [0.15, 0.2) is 24.3 Å². The molecule has 8 heteroatoms. The number of ether oxygens (including phenoxy) is 1. The van der Waals surface area contributed by atoms with E-state index in [4.69, 9.17) is 0 Å². The van der Waals surface area contributed by atoms with Crippen LogP contribution < -0.4 is 5.32 Å². The van der Waals surface area contributed by atoms with Crippen molar-refractivity contribution in [3.8, 4) is 0 Å². The normalized spacial score (nSPS) is 12.6. The number of carbonyl (C=O) groups is 2. The van der Waals surface area contributed by atoms with E-state index in [0.717, 1.165) is 0 Å². The van der Waals surface area contributed by atoms with Gasteiger partial charge in [-0.2, -0.15) is 13.2 Å². The third kappa shape index (κ3) is 7.05. The minimum absolute atomic E-state index is 0.195. The van der Waals surface area contributed by atoms with Crippen molar-refractivity contribution in [2.24, 2.45) is 5.92 Å². The molecule has 0 aliphatic heterocycles. The Labute approximate surface area is 124 Å². The quantitative estimate of drug-likeness (QED) is 0.646. The average Bonchev–Trinajstić information content (AvgIpc) is 2.41. The fourth-order valence-electron chi connectivity index (χ4n) is 1.63. The molecule has 0 saturated carbocycles. The monoisotopic (exact) mass is 321 g/mol. The van der Waals surface area contributed by atoms with Gasteiger partial charge in [0.25, 0.3) is 5.91 Å². The lowest BCUT2D eigenvalue weighted by atomic mass is 10.0. The molecule has 1 atom stereocenters. The van der Waals surface area contributed by atoms with Crippen LogP contribution in [0.5, 0.6) is 0 Å². The molecule has 1 unspecified atom stereocenters. The fraction of sp³-hybridized carbons (Fsp3) is 0.429. The van der Waals surface area contributed by atoms with Crippen molar-refractivity contribution < 1.29 is 31.9 Å². The van der Waals surface area contributed by atoms with Crippen LogP contribution >= 0.6 is 0 Å². The zero-order chi connectivity index (χ0) is 16.8. The van der Waals surface area contributed by atoms with Gasteiger partial charge < -0.3 is 10.1 Å². The number of hydrogen-bond acceptors (Lipinski definition) is 3. The molecule has 0 spiro atoms. The van der Waals surface area contributed by atoms with Gasteiger partial charge in [-0.25, -0.2) is 4.39 Å². The lowest BCUT2D eigenvalue weighted by Crippen LogP contribution is -2.36. The zero-order valence-electron chi connectivity index (χ0n) is 11.7. The number of rotatable bonds is 6. The van der Waals surface area contributed by atoms with E-state index < -0.39 is 42.9 Å². The highest BCUT2D eigenvalue weighted by atomic mass is 19.4. The average molecular weight is 321 g/mol. The largest absolute Gasteiger partial charge is 0.455 e. The maximum Gasteiger partial charge on any atom is 0.405 e. The summed E-state index contributed by atoms with van der Waals surface area (Å²) in [6.45, 7) is -0.758. The Morgan fingerprint density at radius 1 is 1.32 bits per heavy atom. The van der Waals surface area contributed by atoms with Gasteiger partial charge in [-0.3, -0.25) is 9.59 Å². The van der Waals surface area contributed by atoms with Gasteiger partial charge in [0.1, 0.15) is 12.4 Å². The van der Waals surface area contributed by atoms with Gasteiger partial charge in [-0.15, -0.1) is 0 Å². The van der Waals surface area contributed by atoms with Gasteiger partial charge >= 0.3 is 12.1 Å². The summed E-state index contributed by atoms with van der Waals surface area (Å²) in [5.74, 6) is -2.88. The van der Waals surface area contributed by atoms with Crippen molar-refractivity contribution >= 4 is 11.9 Å². The van der Waals surface area contributed by atoms with Crippen LogP contribution in [0, 0.1) is 11.7 Å². The number of hydrogen-bond donors (Lipinski definition) is 1. The highest BCUT2D eigenvalue weighted by Gasteiger charge is 2.28. The van der Waals surface area contributed by atoms with E-state index in [2.05, 4.69) is 4.74 Å². The number of amides is 1. The molecule has 4 nitrogen and oxygen atoms in total. The summed E-state index contributed by atoms with van der Waals surface area (Å²) in [6, 6.07) is 5.65. The van der Waals surface area contributed by atoms with Gasteiger partial charge in [0.05, 0.1) is 5.92 Å². The van der Waals surface area contributed by atoms with Crippen molar-refractivity contribution in [2.75, 3.05) is 13.2 Å². The molecule has 1 aromatic rings. The van der Waals surface area contributed by atoms with E-state index in [1.54, 1.807) is 11.4 Å². The van der Waals surface area contributed by atoms with Gasteiger partial charge in [0.2, 0.25) is 0 Å². The van der Waals surface area contributed by atoms with Gasteiger partial charge in [-0.1, -0.05) is 19.1 Å². The Balaban J connectivity index is 2.37. The molecule has 0 heterocycles. The number of alkyl halides is 3. The Hall–Kier alpha value is -2.12. The summed E-state index contributed by atoms with van der Waals surface area (Å²) in [7, 11) is 0. The van der Waals surface area contributed by atoms with Gasteiger partial charge in [0, 0.05) is 0 Å². The van der Waals surface area contributed by atoms with Crippen LogP contribution in [-0.2, 0) is 20.7 Å². The predicted octanol–water partition coefficient (Wildman–Crippen LogP) is 2.23. The molecule has 0 bridgehead atoms. The standard InChI is InChI=1S/C14H15F4NO3/c1-9(5-10-3-2-4-11(15)6-10)13(21)22-7-12(20)19-8-14(16,17)18/h2-4,6,9H,5,7-8H2,1H3,(H,19,20). The number of benzene rings is 1. The van der Waals surface area contributed by atoms with Crippen LogP contribution in [0.25, 0.3) is 0 Å². The Kier molecular flexibility index (Phi) is 6.33. The van der Waals surface area contributed by atoms with Gasteiger partial charge in [-0.05, 0) is 24.1 Å². The smallest absolute Gasteiger partial charge is 0.405 e. The molecule has 0 radical (unpaired) electrons. The molecule has 1 N–H and O–H groups in total. The Bertz CT molecular complexity index is 531. The first-order valence-electron chi connectivity index (χ1n) is 6.42. The Morgan fingerprint density at radius 2 is 2.00 bits per heavy atom. The number of nitrogens with one attached hydrogen (secondary N) is 1. The SMILES string of the molecule is CC(Cc1cccc(F)c1)C(=O)OCC(=O)NCC(F)(F)F. The highest BCUT2D eigenvalue weighted by molar-refractivity contribution is 5.81. The molecule has 122 valence electrons. The molecular formula is C14H15F4NO3. The van der Waals surface area contributed by atoms with Crippen LogP contribution in [0.1, 0.15) is 12.5 Å². The number of esters is 1. The first-order valence-corrected chi connectivity index (χ1v) is 6.42. The van der Waals surface area contributed by atoms with Gasteiger partial charge in [0.15, 0.2) is 6.61 Å². The van der Waals surface area contributed by atoms with E-state index in [1.165, 1.54) is 25.1 Å². The summed E-state index contributed by atoms with van der Waals surface area (Å²) in [5.41, 5.74) is 0.575. The molecule has 0 fully saturated rings. The topological polar surface area (TPSA) is 55.4 Å². The molecule has 22 heavy (non-hydrogen) atoms. The lowest BCUT2D eigenvalue weighted by molar-refractivity contribution is -0.154. The Morgan fingerprint density at radius 3 is 2.59 bits per heavy atom. The second-order valence-electron chi connectivity index (χ2n) is 4.73. The molecule has 0 aliphatic carbocycles. The second-order valence-corrected chi connectivity index (χ2v) is 4.73. The summed E-state index contributed by atoms with van der Waals surface area (Å²) in [4.78, 5) is 22.7. The number of carbonyl (C=O) groups excluding carboxylic acids is 2. The summed E-state index contributed by atoms with van der Waals surface area (Å²) in [5, 5.41) is 1.58. The molecule has 0 saturated heterocycles. The molecule has 0 aliphatic rings. The summed E-state index contributed by atoms with van der Waals surface area (Å²) in [6.07, 6.45) is -4.33. The van der Waals surface area contributed by atoms with Crippen molar-refractivity contribution in [2.45, 2.75) is 19.5 Å². The zero-order valence-corrected chi connectivity index (χ0v) is 11.7. The minimum Gasteiger partial charge on any atom is -0.455 e. The molecular weight excluding hydrogens is 306 g/mol. The highest BCUT2D eigenvalue weighted by Crippen LogP contribution is 2.13. The van der Waals surface area contributed by atoms with E-state index in [0.29, 0.717) is 5.56 Å². The molecule has 1 aromatic carbocycles. The first-order chi connectivity index (χ1) is 10.2. The predicted molar refractivity (Wildman–Crippen MR) is 69.3 cm³/mol. The molecule has 1 amide bonds. The van der Waals surface area contributed by atoms with Crippen LogP contribution in [0.4, 0.5) is 17.6 Å². The summed E-state index contributed by atoms with van der Waals surface area (Å²) < 4.78 is 53.2. The third-order valence-corrected chi connectivity index (χ3v) is 2.66. The van der Waals surface area contributed by atoms with Crippen LogP contribution in [-0.4, -0.2) is 31.2 Å². The van der Waals surface area contributed by atoms with Crippen molar-refractivity contribution in [3.05, 3.63) is 35.6 Å². The maximum atomic E-state index is 13.0. The molecule has 0 aromatic heterocycles. The summed E-state index contributed by atoms with van der Waals surface area (Å²) >= 11 is 0. The second kappa shape index (κ2) is 7.77. The van der Waals surface area contributed by atoms with Crippen molar-refractivity contribution in [3.63, 3.8) is 0 Å². The lowest BCUT2D eigenvalue weighted by Gasteiger charge is -2.12. The minimum atomic E-state index is -4.52. The van der Waals surface area contributed by atoms with E-state index >= 15 is 0 Å². The van der Waals surface area contributed by atoms with Crippen LogP contribution in [0.3, 0.4) is 0 Å². The number of halogens is 4. The van der Waals surface area contributed by atoms with Crippen LogP contribution in [0.2, 0.25) is 0 Å². The fourth-order valence-corrected chi connectivity index (χ4v) is 1.63. The first kappa shape index (κ1) is 17.9. The van der Waals surface area contributed by atoms with E-state index in [9.17, 15) is 27.2 Å². The maximum absolute atomic E-state index is 13.0. The van der Waals surface area contributed by atoms with Crippen molar-refractivity contribution in [1.29, 1.82) is 0 Å². The third-order valence-electron chi connectivity index (χ3n) is 2.66. The van der Waals surface area contributed by atoms with E-state index in [-0.39, 0.29) is 6.42 Å². The van der Waals surface area contributed by atoms with E-state index in [1.807, 2.05) is 0 Å². The molecule has 1 rings (SSSR count). The van der Waals surface area contributed by atoms with Crippen molar-refractivity contribution in [1.82, 2.24) is 5.32 Å².